The number of benzene rings is 1. The van der Waals surface area contributed by atoms with Gasteiger partial charge < -0.3 is 5.32 Å². The van der Waals surface area contributed by atoms with E-state index in [0.717, 1.165) is 5.56 Å². The first-order valence-corrected chi connectivity index (χ1v) is 10.5. The number of rotatable bonds is 8. The number of sulfonamides is 1. The number of nitrogens with zero attached hydrogens (tertiary/aromatic N) is 1. The van der Waals surface area contributed by atoms with Crippen molar-refractivity contribution in [2.24, 2.45) is 0 Å². The lowest BCUT2D eigenvalue weighted by Gasteiger charge is -2.26. The van der Waals surface area contributed by atoms with Crippen molar-refractivity contribution in [1.82, 2.24) is 14.9 Å². The second kappa shape index (κ2) is 8.97. The molecule has 0 saturated heterocycles. The fourth-order valence-corrected chi connectivity index (χ4v) is 4.12. The van der Waals surface area contributed by atoms with Crippen molar-refractivity contribution in [3.05, 3.63) is 29.8 Å². The third-order valence-electron chi connectivity index (χ3n) is 4.11. The van der Waals surface area contributed by atoms with E-state index in [4.69, 9.17) is 0 Å². The van der Waals surface area contributed by atoms with Crippen LogP contribution in [0.15, 0.2) is 29.2 Å². The monoisotopic (exact) mass is 383 g/mol. The molecule has 1 aromatic rings. The number of carbonyl (C=O) groups is 1. The van der Waals surface area contributed by atoms with Gasteiger partial charge in [-0.1, -0.05) is 26.0 Å². The summed E-state index contributed by atoms with van der Waals surface area (Å²) in [5, 5.41) is 6.19. The van der Waals surface area contributed by atoms with Crippen molar-refractivity contribution in [2.75, 3.05) is 13.1 Å². The van der Waals surface area contributed by atoms with Crippen LogP contribution in [0.3, 0.4) is 0 Å². The Balaban J connectivity index is 2.84. The van der Waals surface area contributed by atoms with Gasteiger partial charge in [0, 0.05) is 24.7 Å². The van der Waals surface area contributed by atoms with Gasteiger partial charge in [0.2, 0.25) is 15.9 Å². The molecule has 2 N–H and O–H groups in total. The molecule has 26 heavy (non-hydrogen) atoms. The standard InChI is InChI=1S/C19H33N3O3S/c1-8-22(9-2)26(24,25)17-12-10-16(11-13-17)14(3)20-15(4)18(23)21-19(5,6)7/h10-15,20H,8-9H2,1-7H3,(H,21,23). The van der Waals surface area contributed by atoms with Crippen LogP contribution in [0.5, 0.6) is 0 Å². The third kappa shape index (κ3) is 6.07. The Morgan fingerprint density at radius 2 is 1.58 bits per heavy atom. The van der Waals surface area contributed by atoms with Gasteiger partial charge in [0.1, 0.15) is 0 Å². The number of amides is 1. The minimum absolute atomic E-state index is 0.0647. The third-order valence-corrected chi connectivity index (χ3v) is 6.18. The van der Waals surface area contributed by atoms with Crippen molar-refractivity contribution < 1.29 is 13.2 Å². The summed E-state index contributed by atoms with van der Waals surface area (Å²) in [5.41, 5.74) is 0.648. The number of hydrogen-bond acceptors (Lipinski definition) is 4. The van der Waals surface area contributed by atoms with Crippen molar-refractivity contribution in [3.8, 4) is 0 Å². The summed E-state index contributed by atoms with van der Waals surface area (Å²) in [5.74, 6) is -0.0647. The van der Waals surface area contributed by atoms with Gasteiger partial charge in [-0.3, -0.25) is 10.1 Å². The summed E-state index contributed by atoms with van der Waals surface area (Å²) >= 11 is 0. The van der Waals surface area contributed by atoms with Crippen molar-refractivity contribution >= 4 is 15.9 Å². The maximum absolute atomic E-state index is 12.5. The van der Waals surface area contributed by atoms with Gasteiger partial charge in [-0.15, -0.1) is 0 Å². The molecule has 0 bridgehead atoms. The quantitative estimate of drug-likeness (QED) is 0.723. The van der Waals surface area contributed by atoms with E-state index < -0.39 is 10.0 Å². The molecule has 0 radical (unpaired) electrons. The van der Waals surface area contributed by atoms with E-state index in [9.17, 15) is 13.2 Å². The lowest BCUT2D eigenvalue weighted by Crippen LogP contribution is -2.49. The fourth-order valence-electron chi connectivity index (χ4n) is 2.67. The van der Waals surface area contributed by atoms with Crippen LogP contribution in [-0.4, -0.2) is 43.3 Å². The molecule has 0 aromatic heterocycles. The number of nitrogens with one attached hydrogen (secondary N) is 2. The highest BCUT2D eigenvalue weighted by molar-refractivity contribution is 7.89. The van der Waals surface area contributed by atoms with E-state index in [2.05, 4.69) is 10.6 Å². The molecule has 0 saturated carbocycles. The topological polar surface area (TPSA) is 78.5 Å². The molecule has 0 aliphatic carbocycles. The van der Waals surface area contributed by atoms with Crippen LogP contribution in [0.1, 0.15) is 60.1 Å². The number of carbonyl (C=O) groups excluding carboxylic acids is 1. The zero-order chi connectivity index (χ0) is 20.1. The molecule has 2 unspecified atom stereocenters. The molecule has 1 rings (SSSR count). The van der Waals surface area contributed by atoms with Crippen LogP contribution in [-0.2, 0) is 14.8 Å². The van der Waals surface area contributed by atoms with Gasteiger partial charge in [-0.05, 0) is 52.3 Å². The summed E-state index contributed by atoms with van der Waals surface area (Å²) in [6, 6.07) is 6.40. The molecular weight excluding hydrogens is 350 g/mol. The van der Waals surface area contributed by atoms with E-state index >= 15 is 0 Å². The van der Waals surface area contributed by atoms with Crippen molar-refractivity contribution in [1.29, 1.82) is 0 Å². The van der Waals surface area contributed by atoms with E-state index in [0.29, 0.717) is 13.1 Å². The van der Waals surface area contributed by atoms with Crippen LogP contribution < -0.4 is 10.6 Å². The lowest BCUT2D eigenvalue weighted by atomic mass is 10.1. The molecule has 7 heteroatoms. The molecule has 0 fully saturated rings. The highest BCUT2D eigenvalue weighted by atomic mass is 32.2. The molecule has 0 aliphatic heterocycles. The average molecular weight is 384 g/mol. The maximum atomic E-state index is 12.5. The van der Waals surface area contributed by atoms with Crippen LogP contribution in [0.2, 0.25) is 0 Å². The van der Waals surface area contributed by atoms with Gasteiger partial charge in [-0.25, -0.2) is 8.42 Å². The van der Waals surface area contributed by atoms with Crippen LogP contribution in [0, 0.1) is 0 Å². The van der Waals surface area contributed by atoms with Gasteiger partial charge in [0.25, 0.3) is 0 Å². The first-order chi connectivity index (χ1) is 11.9. The molecule has 148 valence electrons. The van der Waals surface area contributed by atoms with E-state index in [1.165, 1.54) is 4.31 Å². The molecule has 2 atom stereocenters. The van der Waals surface area contributed by atoms with Gasteiger partial charge in [0.05, 0.1) is 10.9 Å². The predicted octanol–water partition coefficient (Wildman–Crippen LogP) is 2.67. The molecule has 0 spiro atoms. The Bertz CT molecular complexity index is 690. The highest BCUT2D eigenvalue weighted by Gasteiger charge is 2.23. The van der Waals surface area contributed by atoms with Crippen molar-refractivity contribution in [2.45, 2.75) is 71.0 Å². The molecule has 6 nitrogen and oxygen atoms in total. The highest BCUT2D eigenvalue weighted by Crippen LogP contribution is 2.19. The van der Waals surface area contributed by atoms with Gasteiger partial charge in [0.15, 0.2) is 0 Å². The first kappa shape index (κ1) is 22.6. The molecular formula is C19H33N3O3S. The van der Waals surface area contributed by atoms with Crippen LogP contribution in [0.4, 0.5) is 0 Å². The fraction of sp³-hybridized carbons (Fsp3) is 0.632. The lowest BCUT2D eigenvalue weighted by molar-refractivity contribution is -0.124. The van der Waals surface area contributed by atoms with Crippen molar-refractivity contribution in [3.63, 3.8) is 0 Å². The van der Waals surface area contributed by atoms with Crippen LogP contribution in [0.25, 0.3) is 0 Å². The molecule has 0 heterocycles. The average Bonchev–Trinajstić information content (AvgIpc) is 2.54. The maximum Gasteiger partial charge on any atom is 0.243 e. The minimum atomic E-state index is -3.45. The normalized spacial score (nSPS) is 14.9. The molecule has 1 aromatic carbocycles. The predicted molar refractivity (Wildman–Crippen MR) is 105 cm³/mol. The Hall–Kier alpha value is -1.44. The van der Waals surface area contributed by atoms with E-state index in [1.54, 1.807) is 24.3 Å². The smallest absolute Gasteiger partial charge is 0.243 e. The Labute approximate surface area is 158 Å². The summed E-state index contributed by atoms with van der Waals surface area (Å²) < 4.78 is 26.5. The summed E-state index contributed by atoms with van der Waals surface area (Å²) in [4.78, 5) is 12.5. The zero-order valence-electron chi connectivity index (χ0n) is 17.0. The molecule has 1 amide bonds. The second-order valence-corrected chi connectivity index (χ2v) is 9.45. The first-order valence-electron chi connectivity index (χ1n) is 9.10. The van der Waals surface area contributed by atoms with Gasteiger partial charge in [-0.2, -0.15) is 4.31 Å². The Morgan fingerprint density at radius 1 is 1.08 bits per heavy atom. The van der Waals surface area contributed by atoms with E-state index in [-0.39, 0.29) is 28.4 Å². The zero-order valence-corrected chi connectivity index (χ0v) is 17.8. The number of hydrogen-bond donors (Lipinski definition) is 2. The van der Waals surface area contributed by atoms with Crippen LogP contribution >= 0.6 is 0 Å². The summed E-state index contributed by atoms with van der Waals surface area (Å²) in [7, 11) is -3.45. The Kier molecular flexibility index (Phi) is 7.80. The van der Waals surface area contributed by atoms with Gasteiger partial charge >= 0.3 is 0 Å². The second-order valence-electron chi connectivity index (χ2n) is 7.51. The summed E-state index contributed by atoms with van der Waals surface area (Å²) in [6.07, 6.45) is 0. The Morgan fingerprint density at radius 3 is 2.00 bits per heavy atom. The molecule has 0 aliphatic rings. The SMILES string of the molecule is CCN(CC)S(=O)(=O)c1ccc(C(C)NC(C)C(=O)NC(C)(C)C)cc1. The van der Waals surface area contributed by atoms with E-state index in [1.807, 2.05) is 48.5 Å². The largest absolute Gasteiger partial charge is 0.350 e. The summed E-state index contributed by atoms with van der Waals surface area (Å²) in [6.45, 7) is 14.1. The minimum Gasteiger partial charge on any atom is -0.350 e.